The van der Waals surface area contributed by atoms with Gasteiger partial charge in [0, 0.05) is 36.6 Å². The topological polar surface area (TPSA) is 90.3 Å². The summed E-state index contributed by atoms with van der Waals surface area (Å²) in [4.78, 5) is 15.4. The minimum atomic E-state index is -0.818. The van der Waals surface area contributed by atoms with Crippen LogP contribution in [-0.4, -0.2) is 51.6 Å². The molecule has 0 unspecified atom stereocenters. The number of benzene rings is 2. The lowest BCUT2D eigenvalue weighted by Crippen LogP contribution is -2.36. The quantitative estimate of drug-likeness (QED) is 0.123. The lowest BCUT2D eigenvalue weighted by Gasteiger charge is -2.31. The van der Waals surface area contributed by atoms with Crippen molar-refractivity contribution in [3.8, 4) is 17.2 Å². The first-order chi connectivity index (χ1) is 18.8. The van der Waals surface area contributed by atoms with Crippen LogP contribution >= 0.6 is 0 Å². The van der Waals surface area contributed by atoms with Crippen LogP contribution in [0, 0.1) is 22.8 Å². The van der Waals surface area contributed by atoms with Gasteiger partial charge in [-0.15, -0.1) is 0 Å². The summed E-state index contributed by atoms with van der Waals surface area (Å²) in [6.07, 6.45) is 7.67. The fraction of sp³-hybridized carbons (Fsp3) is 0.379. The van der Waals surface area contributed by atoms with Crippen LogP contribution in [0.3, 0.4) is 0 Å². The van der Waals surface area contributed by atoms with Crippen molar-refractivity contribution in [3.63, 3.8) is 0 Å². The van der Waals surface area contributed by atoms with Crippen LogP contribution in [0.2, 0.25) is 0 Å². The fourth-order valence-corrected chi connectivity index (χ4v) is 4.46. The monoisotopic (exact) mass is 535 g/mol. The number of piperidine rings is 1. The van der Waals surface area contributed by atoms with E-state index in [2.05, 4.69) is 26.8 Å². The molecule has 3 heterocycles. The Morgan fingerprint density at radius 3 is 2.46 bits per heavy atom. The number of rotatable bonds is 8. The van der Waals surface area contributed by atoms with E-state index in [1.54, 1.807) is 32.0 Å². The standard InChI is InChI=1S/C29H31F2N5O3/c1-4-19-14-32-29(33-15-19)35-9-7-20(8-10-35)17-38-27-23(30)12-22(13-24(27)31)28-34-25-11-21(5-6-26(25)39-28)16-36(37)18(2)3/h5-6,11-16,18,20H,4,7-10,17H2,1-3H3/b36-16-. The third-order valence-electron chi connectivity index (χ3n) is 6.90. The molecule has 2 aromatic carbocycles. The van der Waals surface area contributed by atoms with Crippen LogP contribution in [0.1, 0.15) is 44.7 Å². The van der Waals surface area contributed by atoms with Gasteiger partial charge in [0.1, 0.15) is 5.52 Å². The summed E-state index contributed by atoms with van der Waals surface area (Å²) >= 11 is 0. The summed E-state index contributed by atoms with van der Waals surface area (Å²) < 4.78 is 42.0. The van der Waals surface area contributed by atoms with Crippen LogP contribution in [-0.2, 0) is 6.42 Å². The first kappa shape index (κ1) is 26.5. The van der Waals surface area contributed by atoms with Crippen LogP contribution in [0.15, 0.2) is 47.1 Å². The second-order valence-electron chi connectivity index (χ2n) is 10.1. The number of aromatic nitrogens is 3. The number of nitrogens with zero attached hydrogens (tertiary/aromatic N) is 5. The van der Waals surface area contributed by atoms with Crippen molar-refractivity contribution in [2.75, 3.05) is 24.6 Å². The SMILES string of the molecule is CCc1cnc(N2CCC(COc3c(F)cc(-c4nc5cc(/C=[N+](\[O-])C(C)C)ccc5o4)cc3F)CC2)nc1. The number of anilines is 1. The Balaban J connectivity index is 1.23. The maximum atomic E-state index is 14.9. The molecule has 1 aliphatic rings. The van der Waals surface area contributed by atoms with Gasteiger partial charge < -0.3 is 19.3 Å². The molecule has 0 N–H and O–H groups in total. The number of hydrogen-bond donors (Lipinski definition) is 0. The molecule has 39 heavy (non-hydrogen) atoms. The average molecular weight is 536 g/mol. The first-order valence-corrected chi connectivity index (χ1v) is 13.2. The molecule has 1 aliphatic heterocycles. The van der Waals surface area contributed by atoms with Crippen LogP contribution < -0.4 is 9.64 Å². The van der Waals surface area contributed by atoms with Gasteiger partial charge in [-0.1, -0.05) is 6.92 Å². The van der Waals surface area contributed by atoms with Gasteiger partial charge >= 0.3 is 0 Å². The van der Waals surface area contributed by atoms with Gasteiger partial charge in [0.25, 0.3) is 0 Å². The number of ether oxygens (including phenoxy) is 1. The average Bonchev–Trinajstić information content (AvgIpc) is 3.36. The van der Waals surface area contributed by atoms with Gasteiger partial charge in [-0.3, -0.25) is 0 Å². The summed E-state index contributed by atoms with van der Waals surface area (Å²) in [6.45, 7) is 7.37. The van der Waals surface area contributed by atoms with E-state index in [0.717, 1.165) is 54.8 Å². The molecule has 204 valence electrons. The molecular formula is C29H31F2N5O3. The van der Waals surface area contributed by atoms with Gasteiger partial charge in [-0.2, -0.15) is 0 Å². The van der Waals surface area contributed by atoms with E-state index in [9.17, 15) is 14.0 Å². The predicted molar refractivity (Wildman–Crippen MR) is 145 cm³/mol. The Morgan fingerprint density at radius 2 is 1.82 bits per heavy atom. The number of oxazole rings is 1. The maximum absolute atomic E-state index is 14.9. The third kappa shape index (κ3) is 6.00. The Morgan fingerprint density at radius 1 is 1.13 bits per heavy atom. The van der Waals surface area contributed by atoms with Crippen molar-refractivity contribution >= 4 is 23.3 Å². The molecule has 0 saturated carbocycles. The van der Waals surface area contributed by atoms with Gasteiger partial charge in [0.2, 0.25) is 11.8 Å². The van der Waals surface area contributed by atoms with Crippen molar-refractivity contribution in [1.82, 2.24) is 15.0 Å². The fourth-order valence-electron chi connectivity index (χ4n) is 4.46. The molecule has 8 nitrogen and oxygen atoms in total. The van der Waals surface area contributed by atoms with Crippen molar-refractivity contribution in [1.29, 1.82) is 0 Å². The zero-order chi connectivity index (χ0) is 27.5. The van der Waals surface area contributed by atoms with E-state index in [-0.39, 0.29) is 30.0 Å². The molecule has 1 fully saturated rings. The van der Waals surface area contributed by atoms with Gasteiger partial charge in [0.15, 0.2) is 35.2 Å². The van der Waals surface area contributed by atoms with Gasteiger partial charge in [0.05, 0.1) is 6.61 Å². The molecule has 1 saturated heterocycles. The molecule has 0 atom stereocenters. The van der Waals surface area contributed by atoms with Crippen molar-refractivity contribution in [2.24, 2.45) is 5.92 Å². The maximum Gasteiger partial charge on any atom is 0.227 e. The highest BCUT2D eigenvalue weighted by molar-refractivity contribution is 5.85. The number of aryl methyl sites for hydroxylation is 1. The molecule has 4 aromatic rings. The highest BCUT2D eigenvalue weighted by Crippen LogP contribution is 2.32. The highest BCUT2D eigenvalue weighted by Gasteiger charge is 2.23. The van der Waals surface area contributed by atoms with Crippen molar-refractivity contribution < 1.29 is 22.7 Å². The third-order valence-corrected chi connectivity index (χ3v) is 6.90. The van der Waals surface area contributed by atoms with Gasteiger partial charge in [-0.25, -0.2) is 28.5 Å². The van der Waals surface area contributed by atoms with E-state index < -0.39 is 17.4 Å². The Labute approximate surface area is 225 Å². The summed E-state index contributed by atoms with van der Waals surface area (Å²) in [5.41, 5.74) is 2.84. The number of halogens is 2. The lowest BCUT2D eigenvalue weighted by molar-refractivity contribution is -0.487. The molecule has 0 bridgehead atoms. The summed E-state index contributed by atoms with van der Waals surface area (Å²) in [6, 6.07) is 7.21. The minimum Gasteiger partial charge on any atom is -0.624 e. The Hall–Kier alpha value is -4.08. The highest BCUT2D eigenvalue weighted by atomic mass is 19.1. The van der Waals surface area contributed by atoms with Crippen molar-refractivity contribution in [2.45, 2.75) is 46.1 Å². The molecular weight excluding hydrogens is 504 g/mol. The zero-order valence-electron chi connectivity index (χ0n) is 22.2. The van der Waals surface area contributed by atoms with Crippen LogP contribution in [0.5, 0.6) is 5.75 Å². The van der Waals surface area contributed by atoms with E-state index in [0.29, 0.717) is 22.6 Å². The molecule has 5 rings (SSSR count). The lowest BCUT2D eigenvalue weighted by atomic mass is 9.98. The van der Waals surface area contributed by atoms with Crippen LogP contribution in [0.25, 0.3) is 22.6 Å². The Bertz CT molecular complexity index is 1460. The molecule has 0 amide bonds. The molecule has 0 spiro atoms. The Kier molecular flexibility index (Phi) is 7.72. The molecule has 0 aliphatic carbocycles. The number of fused-ring (bicyclic) bond motifs is 1. The zero-order valence-corrected chi connectivity index (χ0v) is 22.2. The number of hydrogen-bond acceptors (Lipinski definition) is 7. The van der Waals surface area contributed by atoms with E-state index >= 15 is 0 Å². The summed E-state index contributed by atoms with van der Waals surface area (Å²) in [5, 5.41) is 11.9. The summed E-state index contributed by atoms with van der Waals surface area (Å²) in [5.74, 6) is -1.09. The van der Waals surface area contributed by atoms with E-state index in [1.807, 2.05) is 12.4 Å². The minimum absolute atomic E-state index is 0.0795. The van der Waals surface area contributed by atoms with Crippen LogP contribution in [0.4, 0.5) is 14.7 Å². The molecule has 0 radical (unpaired) electrons. The smallest absolute Gasteiger partial charge is 0.227 e. The second-order valence-corrected chi connectivity index (χ2v) is 10.1. The largest absolute Gasteiger partial charge is 0.624 e. The molecule has 10 heteroatoms. The first-order valence-electron chi connectivity index (χ1n) is 13.2. The summed E-state index contributed by atoms with van der Waals surface area (Å²) in [7, 11) is 0. The molecule has 2 aromatic heterocycles. The van der Waals surface area contributed by atoms with Crippen molar-refractivity contribution in [3.05, 3.63) is 70.7 Å². The normalized spacial score (nSPS) is 14.9. The predicted octanol–water partition coefficient (Wildman–Crippen LogP) is 5.76. The van der Waals surface area contributed by atoms with E-state index in [1.165, 1.54) is 6.21 Å². The second kappa shape index (κ2) is 11.3. The number of hydroxylamine groups is 1. The van der Waals surface area contributed by atoms with E-state index in [4.69, 9.17) is 9.15 Å². The van der Waals surface area contributed by atoms with Gasteiger partial charge in [-0.05, 0) is 74.9 Å².